The third-order valence-corrected chi connectivity index (χ3v) is 3.43. The molecule has 0 heterocycles. The molecule has 1 unspecified atom stereocenters. The first-order valence-corrected chi connectivity index (χ1v) is 7.82. The van der Waals surface area contributed by atoms with Crippen LogP contribution in [0.4, 0.5) is 14.9 Å². The molecule has 134 valence electrons. The van der Waals surface area contributed by atoms with E-state index in [1.807, 2.05) is 6.92 Å². The van der Waals surface area contributed by atoms with Crippen LogP contribution in [0.25, 0.3) is 0 Å². The van der Waals surface area contributed by atoms with Gasteiger partial charge < -0.3 is 25.2 Å². The summed E-state index contributed by atoms with van der Waals surface area (Å²) in [6.45, 7) is 2.31. The first-order valence-electron chi connectivity index (χ1n) is 7.82. The van der Waals surface area contributed by atoms with Gasteiger partial charge in [-0.2, -0.15) is 0 Å². The number of hydrogen-bond acceptors (Lipinski definition) is 4. The number of benzene rings is 2. The van der Waals surface area contributed by atoms with E-state index in [0.29, 0.717) is 29.4 Å². The van der Waals surface area contributed by atoms with Gasteiger partial charge in [-0.25, -0.2) is 9.18 Å². The standard InChI is InChI=1S/C18H21FN2O4/c1-3-25-17-10-14(8-9-16(17)24-2)21-18(23)20-11-15(22)12-4-6-13(19)7-5-12/h4-10,15,22H,3,11H2,1-2H3,(H2,20,21,23). The number of amides is 2. The predicted molar refractivity (Wildman–Crippen MR) is 92.5 cm³/mol. The average Bonchev–Trinajstić information content (AvgIpc) is 2.61. The Hall–Kier alpha value is -2.80. The summed E-state index contributed by atoms with van der Waals surface area (Å²) in [4.78, 5) is 12.0. The van der Waals surface area contributed by atoms with Crippen LogP contribution in [0.1, 0.15) is 18.6 Å². The highest BCUT2D eigenvalue weighted by molar-refractivity contribution is 5.89. The molecule has 7 heteroatoms. The van der Waals surface area contributed by atoms with Crippen LogP contribution >= 0.6 is 0 Å². The van der Waals surface area contributed by atoms with Crippen LogP contribution in [0.3, 0.4) is 0 Å². The van der Waals surface area contributed by atoms with Gasteiger partial charge in [0.25, 0.3) is 0 Å². The molecule has 0 fully saturated rings. The van der Waals surface area contributed by atoms with Crippen molar-refractivity contribution in [2.24, 2.45) is 0 Å². The molecule has 0 saturated carbocycles. The fraction of sp³-hybridized carbons (Fsp3) is 0.278. The SMILES string of the molecule is CCOc1cc(NC(=O)NCC(O)c2ccc(F)cc2)ccc1OC. The van der Waals surface area contributed by atoms with Gasteiger partial charge in [0, 0.05) is 18.3 Å². The fourth-order valence-electron chi connectivity index (χ4n) is 2.19. The second kappa shape index (κ2) is 8.89. The summed E-state index contributed by atoms with van der Waals surface area (Å²) >= 11 is 0. The van der Waals surface area contributed by atoms with Crippen LogP contribution in [-0.2, 0) is 0 Å². The van der Waals surface area contributed by atoms with Gasteiger partial charge in [-0.05, 0) is 36.8 Å². The monoisotopic (exact) mass is 348 g/mol. The zero-order chi connectivity index (χ0) is 18.2. The quantitative estimate of drug-likeness (QED) is 0.718. The number of carbonyl (C=O) groups is 1. The Balaban J connectivity index is 1.91. The van der Waals surface area contributed by atoms with Crippen molar-refractivity contribution in [2.75, 3.05) is 25.6 Å². The first-order chi connectivity index (χ1) is 12.0. The molecule has 3 N–H and O–H groups in total. The molecular formula is C18H21FN2O4. The summed E-state index contributed by atoms with van der Waals surface area (Å²) in [5.74, 6) is 0.708. The molecule has 0 spiro atoms. The van der Waals surface area contributed by atoms with Crippen LogP contribution < -0.4 is 20.1 Å². The Morgan fingerprint density at radius 2 is 1.92 bits per heavy atom. The molecule has 1 atom stereocenters. The molecular weight excluding hydrogens is 327 g/mol. The zero-order valence-corrected chi connectivity index (χ0v) is 14.1. The second-order valence-electron chi connectivity index (χ2n) is 5.20. The lowest BCUT2D eigenvalue weighted by Gasteiger charge is -2.14. The topological polar surface area (TPSA) is 79.8 Å². The summed E-state index contributed by atoms with van der Waals surface area (Å²) in [5, 5.41) is 15.2. The van der Waals surface area contributed by atoms with Gasteiger partial charge in [-0.3, -0.25) is 0 Å². The highest BCUT2D eigenvalue weighted by Gasteiger charge is 2.11. The number of halogens is 1. The summed E-state index contributed by atoms with van der Waals surface area (Å²) in [6, 6.07) is 9.99. The summed E-state index contributed by atoms with van der Waals surface area (Å²) < 4.78 is 23.5. The number of urea groups is 1. The number of carbonyl (C=O) groups excluding carboxylic acids is 1. The average molecular weight is 348 g/mol. The lowest BCUT2D eigenvalue weighted by Crippen LogP contribution is -2.32. The fourth-order valence-corrected chi connectivity index (χ4v) is 2.19. The van der Waals surface area contributed by atoms with Crippen molar-refractivity contribution in [3.05, 3.63) is 53.8 Å². The Bertz CT molecular complexity index is 707. The molecule has 25 heavy (non-hydrogen) atoms. The molecule has 2 rings (SSSR count). The number of aliphatic hydroxyl groups excluding tert-OH is 1. The Kier molecular flexibility index (Phi) is 6.59. The third kappa shape index (κ3) is 5.36. The van der Waals surface area contributed by atoms with E-state index in [1.165, 1.54) is 31.4 Å². The van der Waals surface area contributed by atoms with E-state index in [1.54, 1.807) is 18.2 Å². The minimum absolute atomic E-state index is 0.00800. The maximum Gasteiger partial charge on any atom is 0.319 e. The van der Waals surface area contributed by atoms with Crippen LogP contribution in [0.2, 0.25) is 0 Å². The van der Waals surface area contributed by atoms with Crippen molar-refractivity contribution in [2.45, 2.75) is 13.0 Å². The van der Waals surface area contributed by atoms with Gasteiger partial charge in [0.15, 0.2) is 11.5 Å². The summed E-state index contributed by atoms with van der Waals surface area (Å²) in [7, 11) is 1.54. The Morgan fingerprint density at radius 3 is 2.56 bits per heavy atom. The highest BCUT2D eigenvalue weighted by Crippen LogP contribution is 2.30. The van der Waals surface area contributed by atoms with Gasteiger partial charge in [-0.15, -0.1) is 0 Å². The number of rotatable bonds is 7. The predicted octanol–water partition coefficient (Wildman–Crippen LogP) is 3.09. The Morgan fingerprint density at radius 1 is 1.20 bits per heavy atom. The van der Waals surface area contributed by atoms with E-state index in [-0.39, 0.29) is 12.4 Å². The zero-order valence-electron chi connectivity index (χ0n) is 14.1. The molecule has 2 amide bonds. The number of methoxy groups -OCH3 is 1. The third-order valence-electron chi connectivity index (χ3n) is 3.43. The van der Waals surface area contributed by atoms with Crippen LogP contribution in [0.5, 0.6) is 11.5 Å². The van der Waals surface area contributed by atoms with Gasteiger partial charge in [0.05, 0.1) is 19.8 Å². The number of ether oxygens (including phenoxy) is 2. The van der Waals surface area contributed by atoms with Gasteiger partial charge >= 0.3 is 6.03 Å². The van der Waals surface area contributed by atoms with Crippen molar-refractivity contribution < 1.29 is 23.8 Å². The Labute approximate surface area is 145 Å². The van der Waals surface area contributed by atoms with Gasteiger partial charge in [-0.1, -0.05) is 12.1 Å². The van der Waals surface area contributed by atoms with E-state index in [9.17, 15) is 14.3 Å². The minimum Gasteiger partial charge on any atom is -0.493 e. The molecule has 0 aromatic heterocycles. The summed E-state index contributed by atoms with van der Waals surface area (Å²) in [6.07, 6.45) is -0.929. The van der Waals surface area contributed by atoms with E-state index >= 15 is 0 Å². The van der Waals surface area contributed by atoms with Crippen molar-refractivity contribution in [3.8, 4) is 11.5 Å². The molecule has 0 aliphatic heterocycles. The molecule has 2 aromatic rings. The molecule has 0 aliphatic carbocycles. The number of anilines is 1. The van der Waals surface area contributed by atoms with Crippen molar-refractivity contribution in [1.82, 2.24) is 5.32 Å². The molecule has 0 bridgehead atoms. The smallest absolute Gasteiger partial charge is 0.319 e. The van der Waals surface area contributed by atoms with E-state index in [2.05, 4.69) is 10.6 Å². The normalized spacial score (nSPS) is 11.5. The maximum absolute atomic E-state index is 12.9. The number of aliphatic hydroxyl groups is 1. The maximum atomic E-state index is 12.9. The molecule has 6 nitrogen and oxygen atoms in total. The minimum atomic E-state index is -0.929. The molecule has 2 aromatic carbocycles. The van der Waals surface area contributed by atoms with Crippen LogP contribution in [0.15, 0.2) is 42.5 Å². The second-order valence-corrected chi connectivity index (χ2v) is 5.20. The van der Waals surface area contributed by atoms with Crippen LogP contribution in [0, 0.1) is 5.82 Å². The van der Waals surface area contributed by atoms with E-state index < -0.39 is 12.1 Å². The van der Waals surface area contributed by atoms with E-state index in [4.69, 9.17) is 9.47 Å². The van der Waals surface area contributed by atoms with Crippen molar-refractivity contribution in [1.29, 1.82) is 0 Å². The van der Waals surface area contributed by atoms with Crippen molar-refractivity contribution in [3.63, 3.8) is 0 Å². The lowest BCUT2D eigenvalue weighted by molar-refractivity contribution is 0.175. The molecule has 0 saturated heterocycles. The van der Waals surface area contributed by atoms with Crippen molar-refractivity contribution >= 4 is 11.7 Å². The summed E-state index contributed by atoms with van der Waals surface area (Å²) in [5.41, 5.74) is 1.04. The van der Waals surface area contributed by atoms with Gasteiger partial charge in [0.1, 0.15) is 5.82 Å². The van der Waals surface area contributed by atoms with E-state index in [0.717, 1.165) is 0 Å². The van der Waals surface area contributed by atoms with Gasteiger partial charge in [0.2, 0.25) is 0 Å². The largest absolute Gasteiger partial charge is 0.493 e. The lowest BCUT2D eigenvalue weighted by atomic mass is 10.1. The number of hydrogen-bond donors (Lipinski definition) is 3. The van der Waals surface area contributed by atoms with Crippen LogP contribution in [-0.4, -0.2) is 31.4 Å². The molecule has 0 aliphatic rings. The molecule has 0 radical (unpaired) electrons. The highest BCUT2D eigenvalue weighted by atomic mass is 19.1. The number of nitrogens with one attached hydrogen (secondary N) is 2. The first kappa shape index (κ1) is 18.5.